The lowest BCUT2D eigenvalue weighted by Crippen LogP contribution is -2.51. The molecule has 2 atom stereocenters. The zero-order valence-corrected chi connectivity index (χ0v) is 14.8. The Kier molecular flexibility index (Phi) is 4.40. The van der Waals surface area contributed by atoms with Crippen molar-refractivity contribution < 1.29 is 14.3 Å². The molecule has 0 radical (unpaired) electrons. The number of piperazine rings is 1. The second-order valence-electron chi connectivity index (χ2n) is 7.69. The molecule has 3 aliphatic rings. The molecule has 4 rings (SSSR count). The van der Waals surface area contributed by atoms with E-state index in [1.807, 2.05) is 34.1 Å². The molecular weight excluding hydrogens is 316 g/mol. The van der Waals surface area contributed by atoms with E-state index < -0.39 is 0 Å². The maximum atomic E-state index is 12.9. The van der Waals surface area contributed by atoms with Crippen molar-refractivity contribution in [3.63, 3.8) is 0 Å². The van der Waals surface area contributed by atoms with Crippen molar-refractivity contribution in [2.45, 2.75) is 26.2 Å². The number of carbonyl (C=O) groups is 2. The van der Waals surface area contributed by atoms with Crippen LogP contribution in [0.1, 0.15) is 36.5 Å². The maximum absolute atomic E-state index is 12.9. The lowest BCUT2D eigenvalue weighted by atomic mass is 10.1. The lowest BCUT2D eigenvalue weighted by molar-refractivity contribution is -0.134. The van der Waals surface area contributed by atoms with Gasteiger partial charge in [-0.05, 0) is 43.2 Å². The molecule has 1 heterocycles. The van der Waals surface area contributed by atoms with Crippen LogP contribution < -0.4 is 4.74 Å². The van der Waals surface area contributed by atoms with Crippen molar-refractivity contribution in [3.8, 4) is 5.75 Å². The predicted molar refractivity (Wildman–Crippen MR) is 94.4 cm³/mol. The van der Waals surface area contributed by atoms with E-state index in [1.54, 1.807) is 0 Å². The third kappa shape index (κ3) is 3.65. The van der Waals surface area contributed by atoms with Crippen LogP contribution in [0.4, 0.5) is 0 Å². The van der Waals surface area contributed by atoms with Crippen LogP contribution in [0.25, 0.3) is 0 Å². The topological polar surface area (TPSA) is 49.9 Å². The fourth-order valence-corrected chi connectivity index (χ4v) is 3.46. The van der Waals surface area contributed by atoms with E-state index >= 15 is 0 Å². The van der Waals surface area contributed by atoms with Gasteiger partial charge < -0.3 is 14.5 Å². The largest absolute Gasteiger partial charge is 0.492 e. The number of carbonyl (C=O) groups excluding carboxylic acids is 2. The number of para-hydroxylation sites is 1. The normalized spacial score (nSPS) is 25.6. The number of rotatable bonds is 5. The summed E-state index contributed by atoms with van der Waals surface area (Å²) in [6.07, 6.45) is 3.47. The summed E-state index contributed by atoms with van der Waals surface area (Å²) in [4.78, 5) is 29.0. The van der Waals surface area contributed by atoms with Crippen LogP contribution in [0.15, 0.2) is 24.3 Å². The average Bonchev–Trinajstić information content (AvgIpc) is 3.56. The highest BCUT2D eigenvalue weighted by Crippen LogP contribution is 2.39. The first-order valence-corrected chi connectivity index (χ1v) is 9.43. The summed E-state index contributed by atoms with van der Waals surface area (Å²) in [6, 6.07) is 7.51. The second kappa shape index (κ2) is 6.70. The number of hydrogen-bond donors (Lipinski definition) is 0. The third-order valence-corrected chi connectivity index (χ3v) is 5.59. The number of ether oxygens (including phenoxy) is 1. The quantitative estimate of drug-likeness (QED) is 0.826. The number of nitrogens with zero attached hydrogens (tertiary/aromatic N) is 2. The van der Waals surface area contributed by atoms with Crippen LogP contribution in [0.3, 0.4) is 0 Å². The molecule has 134 valence electrons. The van der Waals surface area contributed by atoms with E-state index in [1.165, 1.54) is 12.8 Å². The summed E-state index contributed by atoms with van der Waals surface area (Å²) in [5, 5.41) is 0. The molecule has 0 N–H and O–H groups in total. The van der Waals surface area contributed by atoms with Gasteiger partial charge >= 0.3 is 0 Å². The number of amides is 2. The molecule has 0 bridgehead atoms. The molecule has 1 saturated heterocycles. The third-order valence-electron chi connectivity index (χ3n) is 5.59. The van der Waals surface area contributed by atoms with Gasteiger partial charge in [0.2, 0.25) is 5.91 Å². The Bertz CT molecular complexity index is 663. The summed E-state index contributed by atoms with van der Waals surface area (Å²) in [5.41, 5.74) is 0.638. The zero-order chi connectivity index (χ0) is 17.4. The van der Waals surface area contributed by atoms with E-state index in [-0.39, 0.29) is 17.7 Å². The van der Waals surface area contributed by atoms with E-state index in [2.05, 4.69) is 6.92 Å². The Labute approximate surface area is 148 Å². The maximum Gasteiger partial charge on any atom is 0.257 e. The minimum absolute atomic E-state index is 0.0123. The minimum atomic E-state index is 0.0123. The van der Waals surface area contributed by atoms with Crippen LogP contribution in [-0.4, -0.2) is 54.4 Å². The molecule has 2 aliphatic carbocycles. The van der Waals surface area contributed by atoms with E-state index in [4.69, 9.17) is 4.74 Å². The molecule has 3 fully saturated rings. The van der Waals surface area contributed by atoms with Crippen molar-refractivity contribution in [2.75, 3.05) is 32.8 Å². The standard InChI is InChI=1S/C20H26N2O3/c1-14-12-17(14)20(24)22-10-8-21(9-11-22)19(23)16-4-2-3-5-18(16)25-13-15-6-7-15/h2-5,14-15,17H,6-13H2,1H3. The smallest absolute Gasteiger partial charge is 0.257 e. The van der Waals surface area contributed by atoms with Crippen molar-refractivity contribution in [3.05, 3.63) is 29.8 Å². The van der Waals surface area contributed by atoms with Crippen LogP contribution >= 0.6 is 0 Å². The molecule has 1 aliphatic heterocycles. The van der Waals surface area contributed by atoms with Gasteiger partial charge in [-0.25, -0.2) is 0 Å². The van der Waals surface area contributed by atoms with Gasteiger partial charge in [0, 0.05) is 32.1 Å². The molecule has 1 aromatic carbocycles. The SMILES string of the molecule is CC1CC1C(=O)N1CCN(C(=O)c2ccccc2OCC2CC2)CC1. The Balaban J connectivity index is 1.36. The first kappa shape index (κ1) is 16.4. The van der Waals surface area contributed by atoms with Crippen molar-refractivity contribution in [1.82, 2.24) is 9.80 Å². The van der Waals surface area contributed by atoms with Gasteiger partial charge in [-0.15, -0.1) is 0 Å². The van der Waals surface area contributed by atoms with Gasteiger partial charge in [-0.1, -0.05) is 19.1 Å². The van der Waals surface area contributed by atoms with Gasteiger partial charge in [-0.2, -0.15) is 0 Å². The summed E-state index contributed by atoms with van der Waals surface area (Å²) in [7, 11) is 0. The molecule has 0 aromatic heterocycles. The first-order valence-electron chi connectivity index (χ1n) is 9.43. The summed E-state index contributed by atoms with van der Waals surface area (Å²) >= 11 is 0. The average molecular weight is 342 g/mol. The first-order chi connectivity index (χ1) is 12.1. The Morgan fingerprint density at radius 3 is 2.36 bits per heavy atom. The van der Waals surface area contributed by atoms with Crippen molar-refractivity contribution in [2.24, 2.45) is 17.8 Å². The molecule has 2 saturated carbocycles. The molecule has 25 heavy (non-hydrogen) atoms. The fourth-order valence-electron chi connectivity index (χ4n) is 3.46. The molecule has 5 nitrogen and oxygen atoms in total. The van der Waals surface area contributed by atoms with Crippen molar-refractivity contribution >= 4 is 11.8 Å². The monoisotopic (exact) mass is 342 g/mol. The Hall–Kier alpha value is -2.04. The number of hydrogen-bond acceptors (Lipinski definition) is 3. The van der Waals surface area contributed by atoms with Gasteiger partial charge in [0.25, 0.3) is 5.91 Å². The van der Waals surface area contributed by atoms with Gasteiger partial charge in [0.15, 0.2) is 0 Å². The molecule has 2 amide bonds. The second-order valence-corrected chi connectivity index (χ2v) is 7.69. The molecule has 0 spiro atoms. The van der Waals surface area contributed by atoms with E-state index in [0.717, 1.165) is 6.42 Å². The highest BCUT2D eigenvalue weighted by atomic mass is 16.5. The molecular formula is C20H26N2O3. The van der Waals surface area contributed by atoms with Crippen LogP contribution in [0.5, 0.6) is 5.75 Å². The van der Waals surface area contributed by atoms with E-state index in [0.29, 0.717) is 55.9 Å². The highest BCUT2D eigenvalue weighted by molar-refractivity contribution is 5.97. The van der Waals surface area contributed by atoms with Crippen LogP contribution in [0.2, 0.25) is 0 Å². The summed E-state index contributed by atoms with van der Waals surface area (Å²) in [5.74, 6) is 2.37. The minimum Gasteiger partial charge on any atom is -0.492 e. The Morgan fingerprint density at radius 2 is 1.72 bits per heavy atom. The molecule has 1 aromatic rings. The summed E-state index contributed by atoms with van der Waals surface area (Å²) in [6.45, 7) is 5.30. The van der Waals surface area contributed by atoms with Crippen molar-refractivity contribution in [1.29, 1.82) is 0 Å². The predicted octanol–water partition coefficient (Wildman–Crippen LogP) is 2.42. The van der Waals surface area contributed by atoms with Gasteiger partial charge in [-0.3, -0.25) is 9.59 Å². The van der Waals surface area contributed by atoms with Crippen LogP contribution in [0, 0.1) is 17.8 Å². The summed E-state index contributed by atoms with van der Waals surface area (Å²) < 4.78 is 5.87. The van der Waals surface area contributed by atoms with E-state index in [9.17, 15) is 9.59 Å². The molecule has 5 heteroatoms. The fraction of sp³-hybridized carbons (Fsp3) is 0.600. The molecule has 2 unspecified atom stereocenters. The zero-order valence-electron chi connectivity index (χ0n) is 14.8. The van der Waals surface area contributed by atoms with Crippen LogP contribution in [-0.2, 0) is 4.79 Å². The number of benzene rings is 1. The highest BCUT2D eigenvalue weighted by Gasteiger charge is 2.42. The Morgan fingerprint density at radius 1 is 1.08 bits per heavy atom. The van der Waals surface area contributed by atoms with Gasteiger partial charge in [0.05, 0.1) is 12.2 Å². The van der Waals surface area contributed by atoms with Gasteiger partial charge in [0.1, 0.15) is 5.75 Å². The lowest BCUT2D eigenvalue weighted by Gasteiger charge is -2.35.